The van der Waals surface area contributed by atoms with E-state index in [1.165, 1.54) is 6.07 Å². The van der Waals surface area contributed by atoms with Crippen molar-refractivity contribution < 1.29 is 19.5 Å². The van der Waals surface area contributed by atoms with Gasteiger partial charge in [-0.15, -0.1) is 0 Å². The molecule has 32 heavy (non-hydrogen) atoms. The second kappa shape index (κ2) is 10.7. The maximum absolute atomic E-state index is 12.8. The second-order valence-corrected chi connectivity index (χ2v) is 8.33. The molecule has 1 aromatic carbocycles. The first-order chi connectivity index (χ1) is 15.0. The van der Waals surface area contributed by atoms with E-state index in [1.54, 1.807) is 25.1 Å². The van der Waals surface area contributed by atoms with Gasteiger partial charge in [-0.05, 0) is 30.4 Å². The standard InChI is InChI=1S/C22H30N4O6/c1-5-13(4)18(21(30)31)25-19(28)16(10-12(2)3)23-17(27)11-26-20(29)14-8-6-7-9-15(14)24-22(26)32/h6-9,12-13,16,18H,5,10-11H2,1-4H3,(H,23,27)(H,24,32)(H,25,28)(H,30,31)/t13-,16-,18-/m0/s1. The molecule has 10 heteroatoms. The lowest BCUT2D eigenvalue weighted by Crippen LogP contribution is -2.54. The maximum atomic E-state index is 12.8. The van der Waals surface area contributed by atoms with Crippen molar-refractivity contribution in [2.45, 2.75) is 59.2 Å². The lowest BCUT2D eigenvalue weighted by atomic mass is 9.97. The van der Waals surface area contributed by atoms with Gasteiger partial charge in [-0.25, -0.2) is 9.59 Å². The SMILES string of the molecule is CC[C@H](C)[C@H](NC(=O)[C@H](CC(C)C)NC(=O)Cn1c(=O)[nH]c2ccccc2c1=O)C(=O)O. The molecule has 0 aliphatic rings. The van der Waals surface area contributed by atoms with Crippen molar-refractivity contribution in [3.8, 4) is 0 Å². The molecule has 2 amide bonds. The van der Waals surface area contributed by atoms with Crippen LogP contribution >= 0.6 is 0 Å². The van der Waals surface area contributed by atoms with Crippen LogP contribution in [0.25, 0.3) is 10.9 Å². The Balaban J connectivity index is 2.22. The molecule has 0 fully saturated rings. The van der Waals surface area contributed by atoms with Gasteiger partial charge in [-0.2, -0.15) is 0 Å². The van der Waals surface area contributed by atoms with Gasteiger partial charge in [0.15, 0.2) is 0 Å². The van der Waals surface area contributed by atoms with Crippen LogP contribution in [0.2, 0.25) is 0 Å². The van der Waals surface area contributed by atoms with Crippen LogP contribution in [0.4, 0.5) is 0 Å². The Bertz CT molecular complexity index is 1100. The number of fused-ring (bicyclic) bond motifs is 1. The highest BCUT2D eigenvalue weighted by molar-refractivity contribution is 5.90. The smallest absolute Gasteiger partial charge is 0.329 e. The third-order valence-electron chi connectivity index (χ3n) is 5.33. The molecule has 174 valence electrons. The molecule has 0 spiro atoms. The number of benzene rings is 1. The molecule has 2 aromatic rings. The number of amides is 2. The van der Waals surface area contributed by atoms with Crippen LogP contribution in [-0.2, 0) is 20.9 Å². The lowest BCUT2D eigenvalue weighted by Gasteiger charge is -2.25. The fraction of sp³-hybridized carbons (Fsp3) is 0.500. The number of carboxylic acids is 1. The van der Waals surface area contributed by atoms with Gasteiger partial charge in [0.2, 0.25) is 11.8 Å². The molecule has 0 bridgehead atoms. The van der Waals surface area contributed by atoms with Gasteiger partial charge in [0.25, 0.3) is 5.56 Å². The summed E-state index contributed by atoms with van der Waals surface area (Å²) in [5.74, 6) is -2.77. The number of carbonyl (C=O) groups is 3. The molecule has 2 rings (SSSR count). The van der Waals surface area contributed by atoms with E-state index >= 15 is 0 Å². The highest BCUT2D eigenvalue weighted by atomic mass is 16.4. The molecule has 10 nitrogen and oxygen atoms in total. The van der Waals surface area contributed by atoms with Gasteiger partial charge < -0.3 is 20.7 Å². The van der Waals surface area contributed by atoms with E-state index in [2.05, 4.69) is 15.6 Å². The van der Waals surface area contributed by atoms with Gasteiger partial charge >= 0.3 is 11.7 Å². The number of hydrogen-bond acceptors (Lipinski definition) is 5. The second-order valence-electron chi connectivity index (χ2n) is 8.33. The molecule has 0 aliphatic heterocycles. The molecule has 4 N–H and O–H groups in total. The Morgan fingerprint density at radius 2 is 1.75 bits per heavy atom. The van der Waals surface area contributed by atoms with Crippen molar-refractivity contribution in [1.82, 2.24) is 20.2 Å². The number of nitrogens with zero attached hydrogens (tertiary/aromatic N) is 1. The van der Waals surface area contributed by atoms with Crippen LogP contribution < -0.4 is 21.9 Å². The number of nitrogens with one attached hydrogen (secondary N) is 3. The minimum Gasteiger partial charge on any atom is -0.480 e. The van der Waals surface area contributed by atoms with Gasteiger partial charge in [0.05, 0.1) is 10.9 Å². The highest BCUT2D eigenvalue weighted by Crippen LogP contribution is 2.11. The fourth-order valence-corrected chi connectivity index (χ4v) is 3.37. The van der Waals surface area contributed by atoms with Crippen molar-refractivity contribution in [2.75, 3.05) is 0 Å². The summed E-state index contributed by atoms with van der Waals surface area (Å²) in [7, 11) is 0. The van der Waals surface area contributed by atoms with Crippen LogP contribution in [0.1, 0.15) is 40.5 Å². The van der Waals surface area contributed by atoms with E-state index in [0.717, 1.165) is 4.57 Å². The molecule has 3 atom stereocenters. The molecular weight excluding hydrogens is 416 g/mol. The number of aromatic amines is 1. The van der Waals surface area contributed by atoms with Crippen molar-refractivity contribution >= 4 is 28.7 Å². The van der Waals surface area contributed by atoms with Crippen molar-refractivity contribution in [2.24, 2.45) is 11.8 Å². The zero-order chi connectivity index (χ0) is 24.0. The first kappa shape index (κ1) is 24.8. The molecule has 0 saturated carbocycles. The third-order valence-corrected chi connectivity index (χ3v) is 5.33. The maximum Gasteiger partial charge on any atom is 0.329 e. The summed E-state index contributed by atoms with van der Waals surface area (Å²) in [6.07, 6.45) is 0.805. The van der Waals surface area contributed by atoms with Crippen LogP contribution in [0.3, 0.4) is 0 Å². The number of para-hydroxylation sites is 1. The van der Waals surface area contributed by atoms with E-state index in [0.29, 0.717) is 11.9 Å². The van der Waals surface area contributed by atoms with E-state index < -0.39 is 47.7 Å². The van der Waals surface area contributed by atoms with Crippen LogP contribution in [0.5, 0.6) is 0 Å². The average molecular weight is 447 g/mol. The summed E-state index contributed by atoms with van der Waals surface area (Å²) in [5.41, 5.74) is -0.996. The zero-order valence-corrected chi connectivity index (χ0v) is 18.7. The van der Waals surface area contributed by atoms with Crippen molar-refractivity contribution in [3.05, 3.63) is 45.1 Å². The monoisotopic (exact) mass is 446 g/mol. The summed E-state index contributed by atoms with van der Waals surface area (Å²) >= 11 is 0. The normalized spacial score (nSPS) is 14.0. The Labute approximate surface area is 185 Å². The predicted octanol–water partition coefficient (Wildman–Crippen LogP) is 0.836. The molecule has 0 radical (unpaired) electrons. The number of hydrogen-bond donors (Lipinski definition) is 4. The molecule has 1 aromatic heterocycles. The van der Waals surface area contributed by atoms with Crippen LogP contribution in [-0.4, -0.2) is 44.5 Å². The summed E-state index contributed by atoms with van der Waals surface area (Å²) in [6.45, 7) is 6.67. The van der Waals surface area contributed by atoms with Crippen molar-refractivity contribution in [1.29, 1.82) is 0 Å². The minimum atomic E-state index is -1.16. The first-order valence-electron chi connectivity index (χ1n) is 10.6. The number of carboxylic acid groups (broad SMARTS) is 1. The van der Waals surface area contributed by atoms with Gasteiger partial charge in [-0.1, -0.05) is 46.2 Å². The Morgan fingerprint density at radius 1 is 1.09 bits per heavy atom. The largest absolute Gasteiger partial charge is 0.480 e. The summed E-state index contributed by atoms with van der Waals surface area (Å²) in [6, 6.07) is 4.34. The van der Waals surface area contributed by atoms with E-state index in [9.17, 15) is 29.1 Å². The van der Waals surface area contributed by atoms with Gasteiger partial charge in [0.1, 0.15) is 18.6 Å². The molecular formula is C22H30N4O6. The van der Waals surface area contributed by atoms with Gasteiger partial charge in [-0.3, -0.25) is 19.0 Å². The Morgan fingerprint density at radius 3 is 2.34 bits per heavy atom. The Kier molecular flexibility index (Phi) is 8.34. The quantitative estimate of drug-likeness (QED) is 0.425. The first-order valence-corrected chi connectivity index (χ1v) is 10.6. The van der Waals surface area contributed by atoms with E-state index in [4.69, 9.17) is 0 Å². The van der Waals surface area contributed by atoms with Crippen LogP contribution in [0.15, 0.2) is 33.9 Å². The third kappa shape index (κ3) is 6.05. The summed E-state index contributed by atoms with van der Waals surface area (Å²) < 4.78 is 0.765. The number of H-pyrrole nitrogens is 1. The van der Waals surface area contributed by atoms with Crippen molar-refractivity contribution in [3.63, 3.8) is 0 Å². The number of carbonyl (C=O) groups excluding carboxylic acids is 2. The van der Waals surface area contributed by atoms with E-state index in [-0.39, 0.29) is 23.6 Å². The number of rotatable bonds is 10. The van der Waals surface area contributed by atoms with E-state index in [1.807, 2.05) is 20.8 Å². The lowest BCUT2D eigenvalue weighted by molar-refractivity contribution is -0.143. The average Bonchev–Trinajstić information content (AvgIpc) is 2.73. The molecule has 1 heterocycles. The number of aliphatic carboxylic acids is 1. The van der Waals surface area contributed by atoms with Gasteiger partial charge in [0, 0.05) is 0 Å². The predicted molar refractivity (Wildman–Crippen MR) is 119 cm³/mol. The van der Waals surface area contributed by atoms with Crippen LogP contribution in [0, 0.1) is 11.8 Å². The summed E-state index contributed by atoms with van der Waals surface area (Å²) in [5, 5.41) is 14.7. The molecule has 0 unspecified atom stereocenters. The highest BCUT2D eigenvalue weighted by Gasteiger charge is 2.30. The minimum absolute atomic E-state index is 0.0183. The number of aromatic nitrogens is 2. The summed E-state index contributed by atoms with van der Waals surface area (Å²) in [4.78, 5) is 64.5. The zero-order valence-electron chi connectivity index (χ0n) is 18.7. The fourth-order valence-electron chi connectivity index (χ4n) is 3.37. The molecule has 0 aliphatic carbocycles. The molecule has 0 saturated heterocycles. The topological polar surface area (TPSA) is 150 Å². The Hall–Kier alpha value is -3.43.